The summed E-state index contributed by atoms with van der Waals surface area (Å²) in [6.45, 7) is 1.03. The Morgan fingerprint density at radius 1 is 1.10 bits per heavy atom. The number of aromatic nitrogens is 2. The van der Waals surface area contributed by atoms with Gasteiger partial charge in [0.1, 0.15) is 0 Å². The van der Waals surface area contributed by atoms with Crippen molar-refractivity contribution < 1.29 is 13.2 Å². The van der Waals surface area contributed by atoms with Crippen LogP contribution in [0.1, 0.15) is 17.5 Å². The van der Waals surface area contributed by atoms with Gasteiger partial charge in [-0.2, -0.15) is 5.10 Å². The fourth-order valence-corrected chi connectivity index (χ4v) is 7.09. The zero-order valence-electron chi connectivity index (χ0n) is 17.1. The molecule has 2 aromatic carbocycles. The highest BCUT2D eigenvalue weighted by atomic mass is 32.2. The van der Waals surface area contributed by atoms with E-state index >= 15 is 0 Å². The van der Waals surface area contributed by atoms with Crippen LogP contribution in [-0.4, -0.2) is 46.6 Å². The summed E-state index contributed by atoms with van der Waals surface area (Å²) in [7, 11) is -2.92. The number of nitrogens with one attached hydrogen (secondary N) is 1. The Balaban J connectivity index is 1.42. The molecule has 31 heavy (non-hydrogen) atoms. The lowest BCUT2D eigenvalue weighted by Gasteiger charge is -2.08. The lowest BCUT2D eigenvalue weighted by Crippen LogP contribution is -2.25. The van der Waals surface area contributed by atoms with E-state index in [1.165, 1.54) is 11.8 Å². The molecule has 0 unspecified atom stereocenters. The Morgan fingerprint density at radius 3 is 2.48 bits per heavy atom. The second kappa shape index (κ2) is 9.70. The zero-order valence-corrected chi connectivity index (χ0v) is 18.7. The average molecular weight is 456 g/mol. The molecule has 0 aliphatic carbocycles. The van der Waals surface area contributed by atoms with Crippen molar-refractivity contribution >= 4 is 27.5 Å². The molecule has 0 spiro atoms. The third-order valence-corrected chi connectivity index (χ3v) is 8.47. The topological polar surface area (TPSA) is 81.1 Å². The maximum Gasteiger partial charge on any atom is 0.230 e. The van der Waals surface area contributed by atoms with Crippen LogP contribution >= 0.6 is 11.8 Å². The lowest BCUT2D eigenvalue weighted by molar-refractivity contribution is -0.118. The predicted molar refractivity (Wildman–Crippen MR) is 125 cm³/mol. The van der Waals surface area contributed by atoms with E-state index < -0.39 is 9.84 Å². The first-order chi connectivity index (χ1) is 15.0. The standard InChI is InChI=1S/C23H25N3O3S2/c27-22(16-30-21-11-12-31(28,29)17-21)24-13-20-15-26(14-18-7-3-1-4-8-18)25-23(20)19-9-5-2-6-10-19/h1-10,15,21H,11-14,16-17H2,(H,24,27)/t21-/m0/s1. The molecule has 162 valence electrons. The summed E-state index contributed by atoms with van der Waals surface area (Å²) >= 11 is 1.43. The third-order valence-electron chi connectivity index (χ3n) is 5.19. The van der Waals surface area contributed by atoms with Gasteiger partial charge in [0.05, 0.1) is 29.5 Å². The van der Waals surface area contributed by atoms with E-state index in [1.54, 1.807) is 0 Å². The van der Waals surface area contributed by atoms with Crippen LogP contribution in [0.2, 0.25) is 0 Å². The SMILES string of the molecule is O=C(CS[C@H]1CCS(=O)(=O)C1)NCc1cn(Cc2ccccc2)nc1-c1ccccc1. The van der Waals surface area contributed by atoms with Crippen LogP contribution in [0.15, 0.2) is 66.9 Å². The van der Waals surface area contributed by atoms with Gasteiger partial charge in [-0.05, 0) is 12.0 Å². The number of hydrogen-bond donors (Lipinski definition) is 1. The van der Waals surface area contributed by atoms with Gasteiger partial charge in [-0.25, -0.2) is 8.42 Å². The van der Waals surface area contributed by atoms with Crippen molar-refractivity contribution in [3.63, 3.8) is 0 Å². The highest BCUT2D eigenvalue weighted by Gasteiger charge is 2.28. The van der Waals surface area contributed by atoms with Crippen molar-refractivity contribution in [3.05, 3.63) is 78.0 Å². The van der Waals surface area contributed by atoms with Gasteiger partial charge in [0.15, 0.2) is 9.84 Å². The number of nitrogens with zero attached hydrogens (tertiary/aromatic N) is 2. The smallest absolute Gasteiger partial charge is 0.230 e. The van der Waals surface area contributed by atoms with Crippen LogP contribution in [0.5, 0.6) is 0 Å². The first-order valence-electron chi connectivity index (χ1n) is 10.2. The van der Waals surface area contributed by atoms with E-state index in [2.05, 4.69) is 17.4 Å². The van der Waals surface area contributed by atoms with Gasteiger partial charge in [-0.1, -0.05) is 60.7 Å². The fraction of sp³-hybridized carbons (Fsp3) is 0.304. The lowest BCUT2D eigenvalue weighted by atomic mass is 10.1. The van der Waals surface area contributed by atoms with E-state index in [4.69, 9.17) is 5.10 Å². The molecule has 4 rings (SSSR count). The summed E-state index contributed by atoms with van der Waals surface area (Å²) in [4.78, 5) is 12.4. The van der Waals surface area contributed by atoms with E-state index in [9.17, 15) is 13.2 Å². The van der Waals surface area contributed by atoms with Crippen molar-refractivity contribution in [1.29, 1.82) is 0 Å². The Bertz CT molecular complexity index is 1130. The van der Waals surface area contributed by atoms with E-state index in [1.807, 2.05) is 59.4 Å². The molecule has 0 radical (unpaired) electrons. The van der Waals surface area contributed by atoms with Crippen LogP contribution in [-0.2, 0) is 27.7 Å². The molecular formula is C23H25N3O3S2. The second-order valence-electron chi connectivity index (χ2n) is 7.66. The van der Waals surface area contributed by atoms with Gasteiger partial charge in [0, 0.05) is 29.1 Å². The molecular weight excluding hydrogens is 430 g/mol. The molecule has 3 aromatic rings. The van der Waals surface area contributed by atoms with Gasteiger partial charge in [-0.15, -0.1) is 11.8 Å². The monoisotopic (exact) mass is 455 g/mol. The Morgan fingerprint density at radius 2 is 1.81 bits per heavy atom. The Kier molecular flexibility index (Phi) is 6.77. The van der Waals surface area contributed by atoms with Crippen LogP contribution in [0.4, 0.5) is 0 Å². The predicted octanol–water partition coefficient (Wildman–Crippen LogP) is 3.13. The molecule has 2 heterocycles. The van der Waals surface area contributed by atoms with Crippen LogP contribution in [0, 0.1) is 0 Å². The van der Waals surface area contributed by atoms with Gasteiger partial charge in [0.2, 0.25) is 5.91 Å². The molecule has 1 aliphatic heterocycles. The highest BCUT2D eigenvalue weighted by Crippen LogP contribution is 2.25. The van der Waals surface area contributed by atoms with Crippen molar-refractivity contribution in [1.82, 2.24) is 15.1 Å². The zero-order chi connectivity index (χ0) is 21.7. The van der Waals surface area contributed by atoms with E-state index in [-0.39, 0.29) is 28.4 Å². The molecule has 0 bridgehead atoms. The highest BCUT2D eigenvalue weighted by molar-refractivity contribution is 8.02. The van der Waals surface area contributed by atoms with Gasteiger partial charge >= 0.3 is 0 Å². The largest absolute Gasteiger partial charge is 0.351 e. The Labute approximate surface area is 187 Å². The van der Waals surface area contributed by atoms with Crippen LogP contribution < -0.4 is 5.32 Å². The molecule has 8 heteroatoms. The molecule has 1 N–H and O–H groups in total. The quantitative estimate of drug-likeness (QED) is 0.564. The number of thioether (sulfide) groups is 1. The molecule has 1 aliphatic rings. The van der Waals surface area contributed by atoms with E-state index in [0.717, 1.165) is 22.4 Å². The summed E-state index contributed by atoms with van der Waals surface area (Å²) < 4.78 is 25.1. The number of sulfone groups is 1. The molecule has 0 saturated carbocycles. The molecule has 1 fully saturated rings. The number of hydrogen-bond acceptors (Lipinski definition) is 5. The fourth-order valence-electron chi connectivity index (χ4n) is 3.61. The molecule has 6 nitrogen and oxygen atoms in total. The number of carbonyl (C=O) groups excluding carboxylic acids is 1. The summed E-state index contributed by atoms with van der Waals surface area (Å²) in [6.07, 6.45) is 2.61. The van der Waals surface area contributed by atoms with E-state index in [0.29, 0.717) is 19.5 Å². The van der Waals surface area contributed by atoms with Crippen LogP contribution in [0.3, 0.4) is 0 Å². The number of amides is 1. The molecule has 1 saturated heterocycles. The summed E-state index contributed by atoms with van der Waals surface area (Å²) in [6, 6.07) is 20.1. The minimum Gasteiger partial charge on any atom is -0.351 e. The van der Waals surface area contributed by atoms with Crippen molar-refractivity contribution in [2.75, 3.05) is 17.3 Å². The van der Waals surface area contributed by atoms with Gasteiger partial charge < -0.3 is 5.32 Å². The first kappa shape index (κ1) is 21.6. The maximum absolute atomic E-state index is 12.4. The average Bonchev–Trinajstić information content (AvgIpc) is 3.34. The summed E-state index contributed by atoms with van der Waals surface area (Å²) in [5.41, 5.74) is 3.96. The van der Waals surface area contributed by atoms with Crippen molar-refractivity contribution in [3.8, 4) is 11.3 Å². The molecule has 1 amide bonds. The number of rotatable bonds is 8. The summed E-state index contributed by atoms with van der Waals surface area (Å²) in [5.74, 6) is 0.575. The third kappa shape index (κ3) is 5.98. The van der Waals surface area contributed by atoms with Crippen molar-refractivity contribution in [2.24, 2.45) is 0 Å². The number of benzene rings is 2. The maximum atomic E-state index is 12.4. The molecule has 1 aromatic heterocycles. The summed E-state index contributed by atoms with van der Waals surface area (Å²) in [5, 5.41) is 7.76. The molecule has 1 atom stereocenters. The second-order valence-corrected chi connectivity index (χ2v) is 11.2. The first-order valence-corrected chi connectivity index (χ1v) is 13.1. The Hall–Kier alpha value is -2.58. The normalized spacial score (nSPS) is 17.5. The van der Waals surface area contributed by atoms with Gasteiger partial charge in [-0.3, -0.25) is 9.48 Å². The van der Waals surface area contributed by atoms with Crippen LogP contribution in [0.25, 0.3) is 11.3 Å². The minimum absolute atomic E-state index is 0.0178. The van der Waals surface area contributed by atoms with Gasteiger partial charge in [0.25, 0.3) is 0 Å². The van der Waals surface area contributed by atoms with Crippen molar-refractivity contribution in [2.45, 2.75) is 24.8 Å². The number of carbonyl (C=O) groups is 1. The minimum atomic E-state index is -2.92.